The summed E-state index contributed by atoms with van der Waals surface area (Å²) in [5.41, 5.74) is 15.4. The third-order valence-electron chi connectivity index (χ3n) is 6.16. The Morgan fingerprint density at radius 2 is 1.64 bits per heavy atom. The average Bonchev–Trinajstić information content (AvgIpc) is 3.23. The molecule has 0 bridgehead atoms. The molecule has 2 rings (SSSR count). The lowest BCUT2D eigenvalue weighted by atomic mass is 9.97. The number of fused-ring (bicyclic) bond motifs is 1. The highest BCUT2D eigenvalue weighted by molar-refractivity contribution is 5.92. The number of carboxylic acids is 1. The standard InChI is InChI=1S/C17H33N3O4.C10H11N2/c1-7-11(6)14(17(23)24)20-16(22)13(10(4)5)19-15(21)12(18)8-9(2)3;11-6-5-8-7-12-10-4-2-1-3-9(8)10/h9-14H,7-8,18H2,1-6H3,(H,19,21)(H,20,22)(H,23,24);1-4,7,11-12H,5-6H2/q;-1/t11-,12-,13-,14-;/m0./s1. The molecule has 0 saturated heterocycles. The van der Waals surface area contributed by atoms with Gasteiger partial charge < -0.3 is 32.2 Å². The van der Waals surface area contributed by atoms with Gasteiger partial charge in [0.05, 0.1) is 6.04 Å². The number of carbonyl (C=O) groups excluding carboxylic acids is 2. The van der Waals surface area contributed by atoms with E-state index in [1.54, 1.807) is 20.8 Å². The average molecular weight is 503 g/mol. The van der Waals surface area contributed by atoms with Crippen molar-refractivity contribution in [2.24, 2.45) is 23.5 Å². The second-order valence-electron chi connectivity index (χ2n) is 10.0. The van der Waals surface area contributed by atoms with E-state index in [2.05, 4.69) is 27.8 Å². The van der Waals surface area contributed by atoms with Crippen LogP contribution in [0.2, 0.25) is 0 Å². The quantitative estimate of drug-likeness (QED) is 0.297. The number of hydrogen-bond acceptors (Lipinski definition) is 4. The summed E-state index contributed by atoms with van der Waals surface area (Å²) in [4.78, 5) is 39.2. The Balaban J connectivity index is 0.000000442. The maximum absolute atomic E-state index is 12.5. The zero-order chi connectivity index (χ0) is 27.4. The first kappa shape index (κ1) is 31.1. The van der Waals surface area contributed by atoms with Crippen molar-refractivity contribution in [3.05, 3.63) is 41.8 Å². The molecule has 0 radical (unpaired) electrons. The van der Waals surface area contributed by atoms with Gasteiger partial charge in [-0.1, -0.05) is 66.2 Å². The Morgan fingerprint density at radius 3 is 2.17 bits per heavy atom. The second-order valence-corrected chi connectivity index (χ2v) is 10.0. The van der Waals surface area contributed by atoms with Gasteiger partial charge in [-0.25, -0.2) is 4.79 Å². The molecular weight excluding hydrogens is 458 g/mol. The van der Waals surface area contributed by atoms with Crippen LogP contribution in [0.5, 0.6) is 0 Å². The van der Waals surface area contributed by atoms with Crippen molar-refractivity contribution in [1.82, 2.24) is 15.6 Å². The van der Waals surface area contributed by atoms with Gasteiger partial charge >= 0.3 is 5.97 Å². The molecule has 202 valence electrons. The molecule has 36 heavy (non-hydrogen) atoms. The van der Waals surface area contributed by atoms with Gasteiger partial charge in [-0.2, -0.15) is 0 Å². The summed E-state index contributed by atoms with van der Waals surface area (Å²) in [6.45, 7) is 11.6. The summed E-state index contributed by atoms with van der Waals surface area (Å²) < 4.78 is 0. The number of carboxylic acid groups (broad SMARTS) is 1. The fourth-order valence-corrected chi connectivity index (χ4v) is 3.81. The van der Waals surface area contributed by atoms with E-state index in [9.17, 15) is 19.5 Å². The van der Waals surface area contributed by atoms with Gasteiger partial charge in [0.15, 0.2) is 0 Å². The van der Waals surface area contributed by atoms with Crippen LogP contribution in [0.1, 0.15) is 59.9 Å². The fraction of sp³-hybridized carbons (Fsp3) is 0.593. The number of aromatic nitrogens is 1. The minimum atomic E-state index is -1.08. The summed E-state index contributed by atoms with van der Waals surface area (Å²) in [6.07, 6.45) is 3.97. The molecule has 7 N–H and O–H groups in total. The van der Waals surface area contributed by atoms with Crippen molar-refractivity contribution >= 4 is 28.7 Å². The van der Waals surface area contributed by atoms with Crippen LogP contribution in [-0.4, -0.2) is 52.5 Å². The third kappa shape index (κ3) is 9.62. The number of H-pyrrole nitrogens is 1. The molecule has 2 aromatic rings. The molecule has 0 unspecified atom stereocenters. The molecule has 1 heterocycles. The summed E-state index contributed by atoms with van der Waals surface area (Å²) in [5.74, 6) is -2.11. The Bertz CT molecular complexity index is 972. The first-order valence-corrected chi connectivity index (χ1v) is 12.7. The predicted octanol–water partition coefficient (Wildman–Crippen LogP) is 3.88. The number of nitrogens with one attached hydrogen (secondary N) is 4. The topological polar surface area (TPSA) is 161 Å². The van der Waals surface area contributed by atoms with Crippen LogP contribution < -0.4 is 16.4 Å². The number of carbonyl (C=O) groups is 3. The fourth-order valence-electron chi connectivity index (χ4n) is 3.81. The van der Waals surface area contributed by atoms with Gasteiger partial charge in [-0.05, 0) is 42.2 Å². The number of nitrogens with two attached hydrogens (primary N) is 1. The molecular formula is C27H44N5O4-. The van der Waals surface area contributed by atoms with Gasteiger partial charge in [-0.15, -0.1) is 6.54 Å². The van der Waals surface area contributed by atoms with E-state index in [1.165, 1.54) is 16.5 Å². The summed E-state index contributed by atoms with van der Waals surface area (Å²) in [5, 5.41) is 15.7. The summed E-state index contributed by atoms with van der Waals surface area (Å²) in [6, 6.07) is 5.71. The smallest absolute Gasteiger partial charge is 0.326 e. The molecule has 0 aliphatic heterocycles. The molecule has 1 aromatic carbocycles. The summed E-state index contributed by atoms with van der Waals surface area (Å²) in [7, 11) is 0. The van der Waals surface area contributed by atoms with E-state index in [0.29, 0.717) is 19.4 Å². The van der Waals surface area contributed by atoms with Crippen LogP contribution in [0.3, 0.4) is 0 Å². The number of aliphatic carboxylic acids is 1. The number of hydrogen-bond donors (Lipinski definition) is 5. The molecule has 0 saturated carbocycles. The van der Waals surface area contributed by atoms with E-state index in [-0.39, 0.29) is 17.8 Å². The number of rotatable bonds is 12. The maximum Gasteiger partial charge on any atom is 0.326 e. The summed E-state index contributed by atoms with van der Waals surface area (Å²) >= 11 is 0. The zero-order valence-corrected chi connectivity index (χ0v) is 22.4. The van der Waals surface area contributed by atoms with Gasteiger partial charge in [0, 0.05) is 17.1 Å². The van der Waals surface area contributed by atoms with Crippen LogP contribution in [-0.2, 0) is 20.8 Å². The third-order valence-corrected chi connectivity index (χ3v) is 6.16. The van der Waals surface area contributed by atoms with Gasteiger partial charge in [0.2, 0.25) is 11.8 Å². The van der Waals surface area contributed by atoms with Gasteiger partial charge in [-0.3, -0.25) is 9.59 Å². The van der Waals surface area contributed by atoms with Crippen molar-refractivity contribution in [3.8, 4) is 0 Å². The predicted molar refractivity (Wildman–Crippen MR) is 144 cm³/mol. The van der Waals surface area contributed by atoms with Gasteiger partial charge in [0.25, 0.3) is 0 Å². The number of aromatic amines is 1. The lowest BCUT2D eigenvalue weighted by Gasteiger charge is -2.27. The van der Waals surface area contributed by atoms with Crippen molar-refractivity contribution in [1.29, 1.82) is 0 Å². The monoisotopic (exact) mass is 502 g/mol. The first-order chi connectivity index (χ1) is 16.9. The minimum absolute atomic E-state index is 0.188. The maximum atomic E-state index is 12.5. The Labute approximate surface area is 214 Å². The van der Waals surface area contributed by atoms with Crippen LogP contribution in [0, 0.1) is 17.8 Å². The SMILES string of the molecule is CC[C@H](C)[C@H](NC(=O)[C@@H](NC(=O)[C@@H](N)CC(C)C)C(C)C)C(=O)O.[NH-]CCc1c[nH]c2ccccc12. The molecule has 9 nitrogen and oxygen atoms in total. The zero-order valence-electron chi connectivity index (χ0n) is 22.4. The molecule has 9 heteroatoms. The minimum Gasteiger partial charge on any atom is -0.677 e. The van der Waals surface area contributed by atoms with Crippen LogP contribution >= 0.6 is 0 Å². The lowest BCUT2D eigenvalue weighted by molar-refractivity contribution is -0.144. The number of amides is 2. The van der Waals surface area contributed by atoms with Crippen LogP contribution in [0.4, 0.5) is 0 Å². The van der Waals surface area contributed by atoms with Crippen molar-refractivity contribution in [3.63, 3.8) is 0 Å². The largest absolute Gasteiger partial charge is 0.677 e. The van der Waals surface area contributed by atoms with E-state index in [1.807, 2.05) is 39.1 Å². The van der Waals surface area contributed by atoms with E-state index in [0.717, 1.165) is 6.42 Å². The van der Waals surface area contributed by atoms with Crippen LogP contribution in [0.15, 0.2) is 30.5 Å². The molecule has 1 aromatic heterocycles. The molecule has 0 aliphatic carbocycles. The lowest BCUT2D eigenvalue weighted by Crippen LogP contribution is -2.57. The number of benzene rings is 1. The van der Waals surface area contributed by atoms with E-state index < -0.39 is 35.9 Å². The van der Waals surface area contributed by atoms with Crippen LogP contribution in [0.25, 0.3) is 16.6 Å². The molecule has 0 aliphatic rings. The Morgan fingerprint density at radius 1 is 1.03 bits per heavy atom. The molecule has 4 atom stereocenters. The highest BCUT2D eigenvalue weighted by Gasteiger charge is 2.31. The van der Waals surface area contributed by atoms with E-state index in [4.69, 9.17) is 11.5 Å². The highest BCUT2D eigenvalue weighted by atomic mass is 16.4. The molecule has 0 fully saturated rings. The van der Waals surface area contributed by atoms with Crippen molar-refractivity contribution in [2.45, 2.75) is 78.9 Å². The first-order valence-electron chi connectivity index (χ1n) is 12.7. The van der Waals surface area contributed by atoms with E-state index >= 15 is 0 Å². The number of para-hydroxylation sites is 1. The van der Waals surface area contributed by atoms with Crippen molar-refractivity contribution in [2.75, 3.05) is 6.54 Å². The highest BCUT2D eigenvalue weighted by Crippen LogP contribution is 2.17. The Kier molecular flexibility index (Phi) is 13.2. The Hall–Kier alpha value is -2.91. The van der Waals surface area contributed by atoms with Gasteiger partial charge in [0.1, 0.15) is 12.1 Å². The second kappa shape index (κ2) is 15.3. The normalized spacial score (nSPS) is 14.5. The molecule has 0 spiro atoms. The molecule has 2 amide bonds. The van der Waals surface area contributed by atoms with Crippen molar-refractivity contribution < 1.29 is 19.5 Å².